The molecule has 0 heterocycles. The van der Waals surface area contributed by atoms with Gasteiger partial charge in [0.05, 0.1) is 12.0 Å². The summed E-state index contributed by atoms with van der Waals surface area (Å²) < 4.78 is 0. The van der Waals surface area contributed by atoms with Crippen LogP contribution in [0.4, 0.5) is 0 Å². The smallest absolute Gasteiger partial charge is 0.307 e. The lowest BCUT2D eigenvalue weighted by Gasteiger charge is -2.22. The van der Waals surface area contributed by atoms with Crippen LogP contribution in [0.5, 0.6) is 0 Å². The summed E-state index contributed by atoms with van der Waals surface area (Å²) >= 11 is 0. The largest absolute Gasteiger partial charge is 0.481 e. The minimum atomic E-state index is -0.948. The zero-order chi connectivity index (χ0) is 15.3. The molecule has 3 unspecified atom stereocenters. The van der Waals surface area contributed by atoms with E-state index in [1.54, 1.807) is 13.8 Å². The number of aryl methyl sites for hydroxylation is 1. The van der Waals surface area contributed by atoms with Gasteiger partial charge in [-0.15, -0.1) is 0 Å². The Hall–Kier alpha value is -1.84. The van der Waals surface area contributed by atoms with Gasteiger partial charge in [0.2, 0.25) is 5.91 Å². The molecule has 1 rings (SSSR count). The van der Waals surface area contributed by atoms with Crippen molar-refractivity contribution in [2.24, 2.45) is 11.8 Å². The van der Waals surface area contributed by atoms with Crippen LogP contribution >= 0.6 is 0 Å². The molecule has 0 aliphatic heterocycles. The Bertz CT molecular complexity index is 467. The third-order valence-corrected chi connectivity index (χ3v) is 3.76. The molecule has 20 heavy (non-hydrogen) atoms. The first-order valence-corrected chi connectivity index (χ1v) is 6.96. The molecule has 0 aliphatic rings. The van der Waals surface area contributed by atoms with Crippen molar-refractivity contribution in [1.82, 2.24) is 5.32 Å². The average Bonchev–Trinajstić information content (AvgIpc) is 2.43. The predicted molar refractivity (Wildman–Crippen MR) is 78.3 cm³/mol. The molecular formula is C16H23NO3. The minimum absolute atomic E-state index is 0.0773. The molecular weight excluding hydrogens is 254 g/mol. The van der Waals surface area contributed by atoms with E-state index in [2.05, 4.69) is 5.32 Å². The molecule has 2 N–H and O–H groups in total. The molecule has 0 fully saturated rings. The van der Waals surface area contributed by atoms with Gasteiger partial charge in [-0.2, -0.15) is 0 Å². The third kappa shape index (κ3) is 4.08. The van der Waals surface area contributed by atoms with Crippen molar-refractivity contribution >= 4 is 11.9 Å². The number of aliphatic carboxylic acids is 1. The monoisotopic (exact) mass is 277 g/mol. The summed E-state index contributed by atoms with van der Waals surface area (Å²) in [5.74, 6) is -2.40. The van der Waals surface area contributed by atoms with Crippen LogP contribution in [0.2, 0.25) is 0 Å². The molecule has 4 heteroatoms. The second-order valence-corrected chi connectivity index (χ2v) is 5.30. The highest BCUT2D eigenvalue weighted by atomic mass is 16.4. The fourth-order valence-corrected chi connectivity index (χ4v) is 1.96. The molecule has 0 aromatic heterocycles. The second kappa shape index (κ2) is 7.08. The van der Waals surface area contributed by atoms with Gasteiger partial charge in [0.1, 0.15) is 0 Å². The highest BCUT2D eigenvalue weighted by Gasteiger charge is 2.27. The van der Waals surface area contributed by atoms with Gasteiger partial charge in [-0.05, 0) is 18.9 Å². The number of carboxylic acid groups (broad SMARTS) is 1. The van der Waals surface area contributed by atoms with Crippen molar-refractivity contribution < 1.29 is 14.7 Å². The summed E-state index contributed by atoms with van der Waals surface area (Å²) in [4.78, 5) is 23.1. The Balaban J connectivity index is 2.75. The van der Waals surface area contributed by atoms with Crippen molar-refractivity contribution in [2.45, 2.75) is 40.2 Å². The molecule has 0 saturated carbocycles. The van der Waals surface area contributed by atoms with Gasteiger partial charge < -0.3 is 10.4 Å². The van der Waals surface area contributed by atoms with Crippen LogP contribution in [0.25, 0.3) is 0 Å². The SMILES string of the molecule is CCC(NC(=O)C(C)C(C)C(=O)O)c1ccc(C)cc1. The topological polar surface area (TPSA) is 66.4 Å². The van der Waals surface area contributed by atoms with E-state index in [1.165, 1.54) is 5.56 Å². The van der Waals surface area contributed by atoms with Gasteiger partial charge in [0, 0.05) is 5.92 Å². The summed E-state index contributed by atoms with van der Waals surface area (Å²) in [6, 6.07) is 7.93. The number of carbonyl (C=O) groups is 2. The average molecular weight is 277 g/mol. The van der Waals surface area contributed by atoms with Crippen LogP contribution in [-0.4, -0.2) is 17.0 Å². The van der Waals surface area contributed by atoms with E-state index in [0.29, 0.717) is 0 Å². The molecule has 0 saturated heterocycles. The number of carboxylic acids is 1. The lowest BCUT2D eigenvalue weighted by molar-refractivity contribution is -0.146. The van der Waals surface area contributed by atoms with Crippen LogP contribution in [0.15, 0.2) is 24.3 Å². The van der Waals surface area contributed by atoms with Gasteiger partial charge in [-0.25, -0.2) is 0 Å². The molecule has 0 aliphatic carbocycles. The highest BCUT2D eigenvalue weighted by molar-refractivity contribution is 5.84. The number of nitrogens with one attached hydrogen (secondary N) is 1. The number of hydrogen-bond donors (Lipinski definition) is 2. The van der Waals surface area contributed by atoms with Crippen LogP contribution in [-0.2, 0) is 9.59 Å². The zero-order valence-electron chi connectivity index (χ0n) is 12.5. The molecule has 1 aromatic carbocycles. The normalized spacial score (nSPS) is 15.2. The fraction of sp³-hybridized carbons (Fsp3) is 0.500. The Kier molecular flexibility index (Phi) is 5.74. The maximum absolute atomic E-state index is 12.1. The van der Waals surface area contributed by atoms with Crippen LogP contribution < -0.4 is 5.32 Å². The molecule has 110 valence electrons. The molecule has 1 amide bonds. The quantitative estimate of drug-likeness (QED) is 0.840. The number of benzene rings is 1. The minimum Gasteiger partial charge on any atom is -0.481 e. The fourth-order valence-electron chi connectivity index (χ4n) is 1.96. The molecule has 0 spiro atoms. The van der Waals surface area contributed by atoms with Crippen molar-refractivity contribution in [3.05, 3.63) is 35.4 Å². The van der Waals surface area contributed by atoms with Crippen molar-refractivity contribution in [2.75, 3.05) is 0 Å². The molecule has 0 bridgehead atoms. The van der Waals surface area contributed by atoms with Crippen LogP contribution in [0.3, 0.4) is 0 Å². The Morgan fingerprint density at radius 1 is 1.15 bits per heavy atom. The maximum atomic E-state index is 12.1. The Morgan fingerprint density at radius 2 is 1.70 bits per heavy atom. The summed E-state index contributed by atoms with van der Waals surface area (Å²) in [6.45, 7) is 7.21. The van der Waals surface area contributed by atoms with Gasteiger partial charge in [-0.3, -0.25) is 9.59 Å². The van der Waals surface area contributed by atoms with Gasteiger partial charge in [-0.1, -0.05) is 50.6 Å². The van der Waals surface area contributed by atoms with Crippen molar-refractivity contribution in [1.29, 1.82) is 0 Å². The van der Waals surface area contributed by atoms with Gasteiger partial charge >= 0.3 is 5.97 Å². The zero-order valence-corrected chi connectivity index (χ0v) is 12.5. The number of carbonyl (C=O) groups excluding carboxylic acids is 1. The van der Waals surface area contributed by atoms with Crippen molar-refractivity contribution in [3.8, 4) is 0 Å². The van der Waals surface area contributed by atoms with E-state index in [0.717, 1.165) is 12.0 Å². The lowest BCUT2D eigenvalue weighted by Crippen LogP contribution is -2.37. The van der Waals surface area contributed by atoms with Gasteiger partial charge in [0.25, 0.3) is 0 Å². The standard InChI is InChI=1S/C16H23NO3/c1-5-14(13-8-6-10(2)7-9-13)17-15(18)11(3)12(4)16(19)20/h6-9,11-12,14H,5H2,1-4H3,(H,17,18)(H,19,20). The first-order valence-electron chi connectivity index (χ1n) is 6.96. The molecule has 4 nitrogen and oxygen atoms in total. The van der Waals surface area contributed by atoms with Crippen LogP contribution in [0.1, 0.15) is 44.4 Å². The first kappa shape index (κ1) is 16.2. The second-order valence-electron chi connectivity index (χ2n) is 5.30. The van der Waals surface area contributed by atoms with Crippen molar-refractivity contribution in [3.63, 3.8) is 0 Å². The van der Waals surface area contributed by atoms with Gasteiger partial charge in [0.15, 0.2) is 0 Å². The lowest BCUT2D eigenvalue weighted by atomic mass is 9.94. The molecule has 0 radical (unpaired) electrons. The number of amides is 1. The third-order valence-electron chi connectivity index (χ3n) is 3.76. The summed E-state index contributed by atoms with van der Waals surface area (Å²) in [5, 5.41) is 11.9. The van der Waals surface area contributed by atoms with E-state index in [9.17, 15) is 9.59 Å². The highest BCUT2D eigenvalue weighted by Crippen LogP contribution is 2.19. The van der Waals surface area contributed by atoms with E-state index in [-0.39, 0.29) is 11.9 Å². The molecule has 1 aromatic rings. The van der Waals surface area contributed by atoms with Crippen LogP contribution in [0, 0.1) is 18.8 Å². The number of rotatable bonds is 6. The summed E-state index contributed by atoms with van der Waals surface area (Å²) in [7, 11) is 0. The Morgan fingerprint density at radius 3 is 2.15 bits per heavy atom. The van der Waals surface area contributed by atoms with E-state index >= 15 is 0 Å². The summed E-state index contributed by atoms with van der Waals surface area (Å²) in [6.07, 6.45) is 0.767. The molecule has 3 atom stereocenters. The first-order chi connectivity index (χ1) is 9.36. The van der Waals surface area contributed by atoms with E-state index in [1.807, 2.05) is 38.1 Å². The van der Waals surface area contributed by atoms with E-state index < -0.39 is 17.8 Å². The van der Waals surface area contributed by atoms with E-state index in [4.69, 9.17) is 5.11 Å². The summed E-state index contributed by atoms with van der Waals surface area (Å²) in [5.41, 5.74) is 2.21. The maximum Gasteiger partial charge on any atom is 0.307 e. The Labute approximate surface area is 120 Å². The number of hydrogen-bond acceptors (Lipinski definition) is 2. The predicted octanol–water partition coefficient (Wildman–Crippen LogP) is 2.92.